The molecular formula is C32H35N5O3. The van der Waals surface area contributed by atoms with Gasteiger partial charge in [-0.2, -0.15) is 5.10 Å². The fourth-order valence-corrected chi connectivity index (χ4v) is 8.27. The second-order valence-electron chi connectivity index (χ2n) is 12.7. The highest BCUT2D eigenvalue weighted by Crippen LogP contribution is 2.58. The van der Waals surface area contributed by atoms with E-state index in [1.165, 1.54) is 50.8 Å². The zero-order valence-electron chi connectivity index (χ0n) is 22.8. The van der Waals surface area contributed by atoms with Gasteiger partial charge in [0.25, 0.3) is 5.91 Å². The lowest BCUT2D eigenvalue weighted by molar-refractivity contribution is -0.134. The SMILES string of the molecule is O=C1CCC(N2C(=O)c3cccc4c(Cc5cnn(C6CCN([C@@H]7CCC78CCC8)CC6)c5)ccc2c34)C(=O)N1. The number of aromatic nitrogens is 2. The number of anilines is 1. The Morgan fingerprint density at radius 3 is 2.55 bits per heavy atom. The molecule has 2 atom stereocenters. The molecular weight excluding hydrogens is 502 g/mol. The van der Waals surface area contributed by atoms with Crippen LogP contribution in [-0.2, 0) is 16.0 Å². The van der Waals surface area contributed by atoms with Crippen molar-refractivity contribution < 1.29 is 14.4 Å². The first-order valence-electron chi connectivity index (χ1n) is 15.0. The third-order valence-corrected chi connectivity index (χ3v) is 10.7. The Morgan fingerprint density at radius 2 is 1.82 bits per heavy atom. The van der Waals surface area contributed by atoms with Crippen molar-refractivity contribution in [3.63, 3.8) is 0 Å². The summed E-state index contributed by atoms with van der Waals surface area (Å²) in [6.45, 7) is 2.36. The van der Waals surface area contributed by atoms with Crippen molar-refractivity contribution in [3.8, 4) is 0 Å². The molecule has 8 nitrogen and oxygen atoms in total. The minimum absolute atomic E-state index is 0.170. The summed E-state index contributed by atoms with van der Waals surface area (Å²) >= 11 is 0. The Bertz CT molecular complexity index is 1540. The monoisotopic (exact) mass is 537 g/mol. The third-order valence-electron chi connectivity index (χ3n) is 10.7. The van der Waals surface area contributed by atoms with E-state index < -0.39 is 11.9 Å². The molecule has 1 N–H and O–H groups in total. The molecule has 206 valence electrons. The highest BCUT2D eigenvalue weighted by molar-refractivity contribution is 6.27. The van der Waals surface area contributed by atoms with Gasteiger partial charge in [-0.15, -0.1) is 0 Å². The van der Waals surface area contributed by atoms with Crippen molar-refractivity contribution in [1.82, 2.24) is 20.0 Å². The van der Waals surface area contributed by atoms with Crippen LogP contribution in [0, 0.1) is 5.41 Å². The summed E-state index contributed by atoms with van der Waals surface area (Å²) in [6.07, 6.45) is 15.0. The average Bonchev–Trinajstić information content (AvgIpc) is 3.48. The highest BCUT2D eigenvalue weighted by Gasteiger charge is 2.53. The van der Waals surface area contributed by atoms with E-state index in [9.17, 15) is 14.4 Å². The topological polar surface area (TPSA) is 87.5 Å². The third kappa shape index (κ3) is 3.61. The molecule has 1 aromatic heterocycles. The summed E-state index contributed by atoms with van der Waals surface area (Å²) in [5.41, 5.74) is 4.36. The van der Waals surface area contributed by atoms with E-state index in [-0.39, 0.29) is 18.2 Å². The first-order valence-corrected chi connectivity index (χ1v) is 15.0. The number of rotatable bonds is 5. The summed E-state index contributed by atoms with van der Waals surface area (Å²) in [4.78, 5) is 42.1. The van der Waals surface area contributed by atoms with Gasteiger partial charge in [-0.05, 0) is 79.0 Å². The lowest BCUT2D eigenvalue weighted by Gasteiger charge is -2.60. The van der Waals surface area contributed by atoms with Crippen molar-refractivity contribution in [3.05, 3.63) is 59.4 Å². The minimum atomic E-state index is -0.667. The van der Waals surface area contributed by atoms with Gasteiger partial charge in [-0.3, -0.25) is 34.2 Å². The van der Waals surface area contributed by atoms with Crippen LogP contribution < -0.4 is 10.2 Å². The number of nitrogens with zero attached hydrogens (tertiary/aromatic N) is 4. The first kappa shape index (κ1) is 24.3. The fraction of sp³-hybridized carbons (Fsp3) is 0.500. The van der Waals surface area contributed by atoms with Crippen molar-refractivity contribution in [2.24, 2.45) is 5.41 Å². The molecule has 1 spiro atoms. The van der Waals surface area contributed by atoms with Gasteiger partial charge in [-0.1, -0.05) is 24.6 Å². The Labute approximate surface area is 233 Å². The normalized spacial score (nSPS) is 26.3. The Balaban J connectivity index is 1.00. The van der Waals surface area contributed by atoms with Crippen molar-refractivity contribution in [2.75, 3.05) is 18.0 Å². The lowest BCUT2D eigenvalue weighted by atomic mass is 9.52. The van der Waals surface area contributed by atoms with E-state index in [2.05, 4.69) is 33.2 Å². The maximum absolute atomic E-state index is 13.4. The number of hydrogen-bond donors (Lipinski definition) is 1. The molecule has 40 heavy (non-hydrogen) atoms. The summed E-state index contributed by atoms with van der Waals surface area (Å²) in [5, 5.41) is 9.11. The predicted octanol–water partition coefficient (Wildman–Crippen LogP) is 4.36. The molecule has 3 amide bonds. The largest absolute Gasteiger partial charge is 0.300 e. The second kappa shape index (κ2) is 8.99. The molecule has 2 saturated carbocycles. The molecule has 3 aliphatic heterocycles. The van der Waals surface area contributed by atoms with E-state index in [1.54, 1.807) is 4.90 Å². The lowest BCUT2D eigenvalue weighted by Crippen LogP contribution is -2.59. The molecule has 5 aliphatic rings. The van der Waals surface area contributed by atoms with Gasteiger partial charge in [-0.25, -0.2) is 0 Å². The molecule has 1 unspecified atom stereocenters. The number of piperidine rings is 2. The minimum Gasteiger partial charge on any atom is -0.300 e. The molecule has 4 heterocycles. The quantitative estimate of drug-likeness (QED) is 0.489. The van der Waals surface area contributed by atoms with Gasteiger partial charge in [0.1, 0.15) is 6.04 Å². The summed E-state index contributed by atoms with van der Waals surface area (Å²) in [7, 11) is 0. The number of nitrogens with one attached hydrogen (secondary N) is 1. The zero-order valence-corrected chi connectivity index (χ0v) is 22.8. The molecule has 3 aromatic rings. The number of imide groups is 1. The molecule has 8 heteroatoms. The summed E-state index contributed by atoms with van der Waals surface area (Å²) in [5.74, 6) is -0.850. The molecule has 4 fully saturated rings. The number of likely N-dealkylation sites (tertiary alicyclic amines) is 1. The Kier molecular flexibility index (Phi) is 5.46. The first-order chi connectivity index (χ1) is 19.5. The van der Waals surface area contributed by atoms with Crippen LogP contribution >= 0.6 is 0 Å². The van der Waals surface area contributed by atoms with Crippen molar-refractivity contribution >= 4 is 34.2 Å². The van der Waals surface area contributed by atoms with Crippen LogP contribution in [0.15, 0.2) is 42.7 Å². The van der Waals surface area contributed by atoms with E-state index >= 15 is 0 Å². The van der Waals surface area contributed by atoms with Crippen molar-refractivity contribution in [2.45, 2.75) is 82.3 Å². The average molecular weight is 538 g/mol. The van der Waals surface area contributed by atoms with Crippen LogP contribution in [0.5, 0.6) is 0 Å². The maximum Gasteiger partial charge on any atom is 0.259 e. The molecule has 2 aliphatic carbocycles. The van der Waals surface area contributed by atoms with Crippen LogP contribution in [-0.4, -0.2) is 57.6 Å². The van der Waals surface area contributed by atoms with Gasteiger partial charge in [0.2, 0.25) is 11.8 Å². The van der Waals surface area contributed by atoms with Crippen LogP contribution in [0.1, 0.15) is 85.3 Å². The van der Waals surface area contributed by atoms with Crippen LogP contribution in [0.2, 0.25) is 0 Å². The summed E-state index contributed by atoms with van der Waals surface area (Å²) in [6, 6.07) is 10.5. The van der Waals surface area contributed by atoms with Crippen molar-refractivity contribution in [1.29, 1.82) is 0 Å². The van der Waals surface area contributed by atoms with Crippen LogP contribution in [0.3, 0.4) is 0 Å². The van der Waals surface area contributed by atoms with Gasteiger partial charge in [0.15, 0.2) is 0 Å². The number of carbonyl (C=O) groups is 3. The van der Waals surface area contributed by atoms with E-state index in [1.807, 2.05) is 24.4 Å². The zero-order chi connectivity index (χ0) is 27.0. The number of hydrogen-bond acceptors (Lipinski definition) is 5. The maximum atomic E-state index is 13.4. The van der Waals surface area contributed by atoms with Crippen LogP contribution in [0.25, 0.3) is 10.8 Å². The number of amides is 3. The molecule has 0 radical (unpaired) electrons. The summed E-state index contributed by atoms with van der Waals surface area (Å²) < 4.78 is 2.18. The van der Waals surface area contributed by atoms with E-state index in [0.717, 1.165) is 47.3 Å². The standard InChI is InChI=1S/C32H35N5O3/c38-28-8-7-26(30(39)34-28)37-25-6-5-21(23-3-1-4-24(29(23)25)31(37)40)17-20-18-33-36(19-20)22-10-15-35(16-11-22)27-9-14-32(27)12-2-13-32/h1,3-6,18-19,22,26-27H,2,7-17H2,(H,34,38,39)/t26?,27-/m1/s1. The van der Waals surface area contributed by atoms with Gasteiger partial charge < -0.3 is 0 Å². The van der Waals surface area contributed by atoms with E-state index in [0.29, 0.717) is 23.4 Å². The van der Waals surface area contributed by atoms with Gasteiger partial charge in [0, 0.05) is 49.1 Å². The molecule has 0 bridgehead atoms. The number of benzene rings is 2. The molecule has 8 rings (SSSR count). The molecule has 2 saturated heterocycles. The predicted molar refractivity (Wildman–Crippen MR) is 151 cm³/mol. The molecule has 2 aromatic carbocycles. The fourth-order valence-electron chi connectivity index (χ4n) is 8.27. The van der Waals surface area contributed by atoms with E-state index in [4.69, 9.17) is 5.10 Å². The smallest absolute Gasteiger partial charge is 0.259 e. The van der Waals surface area contributed by atoms with Gasteiger partial charge >= 0.3 is 0 Å². The Morgan fingerprint density at radius 1 is 0.975 bits per heavy atom. The Hall–Kier alpha value is -3.52. The van der Waals surface area contributed by atoms with Gasteiger partial charge in [0.05, 0.1) is 17.9 Å². The highest BCUT2D eigenvalue weighted by atomic mass is 16.2. The second-order valence-corrected chi connectivity index (χ2v) is 12.7. The number of carbonyl (C=O) groups excluding carboxylic acids is 3. The van der Waals surface area contributed by atoms with Crippen LogP contribution in [0.4, 0.5) is 5.69 Å².